The summed E-state index contributed by atoms with van der Waals surface area (Å²) in [6.45, 7) is 6.44. The molecule has 0 aliphatic heterocycles. The fourth-order valence-corrected chi connectivity index (χ4v) is 3.62. The summed E-state index contributed by atoms with van der Waals surface area (Å²) >= 11 is 0. The number of hydrogen-bond acceptors (Lipinski definition) is 3. The summed E-state index contributed by atoms with van der Waals surface area (Å²) < 4.78 is 5.83. The van der Waals surface area contributed by atoms with Gasteiger partial charge in [-0.2, -0.15) is 0 Å². The molecule has 4 atom stereocenters. The van der Waals surface area contributed by atoms with E-state index in [1.807, 2.05) is 0 Å². The van der Waals surface area contributed by atoms with Gasteiger partial charge in [-0.3, -0.25) is 9.59 Å². The normalized spacial score (nSPS) is 23.5. The van der Waals surface area contributed by atoms with Crippen LogP contribution in [0.5, 0.6) is 0 Å². The van der Waals surface area contributed by atoms with Gasteiger partial charge in [-0.15, -0.1) is 0 Å². The smallest absolute Gasteiger partial charge is 0.310 e. The minimum Gasteiger partial charge on any atom is -0.481 e. The van der Waals surface area contributed by atoms with Crippen molar-refractivity contribution in [1.82, 2.24) is 0 Å². The quantitative estimate of drug-likeness (QED) is 0.415. The van der Waals surface area contributed by atoms with Crippen molar-refractivity contribution >= 4 is 11.9 Å². The molecule has 140 valence electrons. The third kappa shape index (κ3) is 6.82. The highest BCUT2D eigenvalue weighted by molar-refractivity contribution is 5.81. The van der Waals surface area contributed by atoms with Gasteiger partial charge in [-0.1, -0.05) is 65.7 Å². The Morgan fingerprint density at radius 2 is 1.67 bits per heavy atom. The van der Waals surface area contributed by atoms with Crippen LogP contribution in [0.4, 0.5) is 0 Å². The molecule has 4 heteroatoms. The van der Waals surface area contributed by atoms with Gasteiger partial charge in [0.2, 0.25) is 0 Å². The Balaban J connectivity index is 2.57. The van der Waals surface area contributed by atoms with Crippen LogP contribution in [0.2, 0.25) is 0 Å². The Kier molecular flexibility index (Phi) is 10.0. The lowest BCUT2D eigenvalue weighted by Gasteiger charge is -2.30. The van der Waals surface area contributed by atoms with Crippen LogP contribution in [0.25, 0.3) is 0 Å². The number of carbonyl (C=O) groups is 2. The summed E-state index contributed by atoms with van der Waals surface area (Å²) in [6, 6.07) is 0. The van der Waals surface area contributed by atoms with Crippen LogP contribution >= 0.6 is 0 Å². The van der Waals surface area contributed by atoms with Crippen molar-refractivity contribution in [2.75, 3.05) is 0 Å². The highest BCUT2D eigenvalue weighted by atomic mass is 16.5. The zero-order chi connectivity index (χ0) is 17.9. The maximum atomic E-state index is 12.6. The molecule has 0 aromatic rings. The van der Waals surface area contributed by atoms with Crippen LogP contribution in [0.1, 0.15) is 91.4 Å². The molecule has 0 amide bonds. The number of ether oxygens (including phenoxy) is 1. The van der Waals surface area contributed by atoms with Crippen molar-refractivity contribution in [3.63, 3.8) is 0 Å². The number of carbonyl (C=O) groups excluding carboxylic acids is 1. The van der Waals surface area contributed by atoms with E-state index < -0.39 is 17.8 Å². The minimum atomic E-state index is -0.851. The third-order valence-electron chi connectivity index (χ3n) is 5.52. The molecule has 1 fully saturated rings. The van der Waals surface area contributed by atoms with Gasteiger partial charge in [0.25, 0.3) is 0 Å². The molecule has 0 aromatic carbocycles. The Morgan fingerprint density at radius 1 is 1.04 bits per heavy atom. The Labute approximate surface area is 147 Å². The number of hydrogen-bond donors (Lipinski definition) is 1. The highest BCUT2D eigenvalue weighted by Crippen LogP contribution is 2.32. The van der Waals surface area contributed by atoms with E-state index in [9.17, 15) is 14.7 Å². The first-order valence-electron chi connectivity index (χ1n) is 9.94. The second-order valence-corrected chi connectivity index (χ2v) is 7.40. The lowest BCUT2D eigenvalue weighted by atomic mass is 9.79. The van der Waals surface area contributed by atoms with Crippen LogP contribution in [0, 0.1) is 17.8 Å². The minimum absolute atomic E-state index is 0.0690. The van der Waals surface area contributed by atoms with Gasteiger partial charge in [0, 0.05) is 0 Å². The van der Waals surface area contributed by atoms with Gasteiger partial charge < -0.3 is 9.84 Å². The number of esters is 1. The number of carboxylic acids is 1. The molecule has 24 heavy (non-hydrogen) atoms. The standard InChI is InChI=1S/C20H36O4/c1-4-6-7-8-9-14-18(15(3)5-2)24-20(23)17-13-11-10-12-16(17)19(21)22/h15-18H,4-14H2,1-3H3,(H,21,22). The number of unbranched alkanes of at least 4 members (excludes halogenated alkanes) is 4. The molecule has 0 aromatic heterocycles. The van der Waals surface area contributed by atoms with Crippen LogP contribution < -0.4 is 0 Å². The van der Waals surface area contributed by atoms with Gasteiger partial charge in [-0.25, -0.2) is 0 Å². The lowest BCUT2D eigenvalue weighted by Crippen LogP contribution is -2.37. The molecule has 1 saturated carbocycles. The molecule has 0 heterocycles. The molecule has 1 rings (SSSR count). The van der Waals surface area contributed by atoms with E-state index in [1.54, 1.807) is 0 Å². The van der Waals surface area contributed by atoms with Crippen molar-refractivity contribution in [2.24, 2.45) is 17.8 Å². The van der Waals surface area contributed by atoms with Crippen molar-refractivity contribution in [1.29, 1.82) is 0 Å². The monoisotopic (exact) mass is 340 g/mol. The van der Waals surface area contributed by atoms with E-state index in [-0.39, 0.29) is 12.1 Å². The Morgan fingerprint density at radius 3 is 2.25 bits per heavy atom. The summed E-state index contributed by atoms with van der Waals surface area (Å²) in [5.41, 5.74) is 0. The second-order valence-electron chi connectivity index (χ2n) is 7.40. The molecular weight excluding hydrogens is 304 g/mol. The molecule has 0 bridgehead atoms. The lowest BCUT2D eigenvalue weighted by molar-refractivity contribution is -0.166. The SMILES string of the molecule is CCCCCCCC(OC(=O)C1CCCCC1C(=O)O)C(C)CC. The largest absolute Gasteiger partial charge is 0.481 e. The van der Waals surface area contributed by atoms with Gasteiger partial charge in [0.05, 0.1) is 11.8 Å². The van der Waals surface area contributed by atoms with Crippen LogP contribution in [0.15, 0.2) is 0 Å². The molecule has 4 unspecified atom stereocenters. The molecule has 1 aliphatic rings. The second kappa shape index (κ2) is 11.5. The first kappa shape index (κ1) is 21.0. The van der Waals surface area contributed by atoms with Gasteiger partial charge in [-0.05, 0) is 31.6 Å². The van der Waals surface area contributed by atoms with E-state index in [4.69, 9.17) is 4.74 Å². The maximum Gasteiger partial charge on any atom is 0.310 e. The average molecular weight is 341 g/mol. The summed E-state index contributed by atoms with van der Waals surface area (Å²) in [6.07, 6.45) is 10.9. The van der Waals surface area contributed by atoms with E-state index >= 15 is 0 Å². The summed E-state index contributed by atoms with van der Waals surface area (Å²) in [5.74, 6) is -1.82. The van der Waals surface area contributed by atoms with Crippen molar-refractivity contribution in [3.05, 3.63) is 0 Å². The predicted octanol–water partition coefficient (Wildman–Crippen LogP) is 5.20. The first-order chi connectivity index (χ1) is 11.5. The van der Waals surface area contributed by atoms with E-state index in [1.165, 1.54) is 25.7 Å². The summed E-state index contributed by atoms with van der Waals surface area (Å²) in [5, 5.41) is 9.36. The van der Waals surface area contributed by atoms with Crippen LogP contribution in [0.3, 0.4) is 0 Å². The van der Waals surface area contributed by atoms with Crippen molar-refractivity contribution in [2.45, 2.75) is 97.5 Å². The van der Waals surface area contributed by atoms with E-state index in [2.05, 4.69) is 20.8 Å². The number of carboxylic acid groups (broad SMARTS) is 1. The molecule has 0 spiro atoms. The molecule has 0 saturated heterocycles. The zero-order valence-corrected chi connectivity index (χ0v) is 15.8. The van der Waals surface area contributed by atoms with Crippen molar-refractivity contribution in [3.8, 4) is 0 Å². The first-order valence-corrected chi connectivity index (χ1v) is 9.94. The number of aliphatic carboxylic acids is 1. The average Bonchev–Trinajstić information content (AvgIpc) is 2.59. The Hall–Kier alpha value is -1.06. The van der Waals surface area contributed by atoms with E-state index in [0.717, 1.165) is 32.1 Å². The maximum absolute atomic E-state index is 12.6. The van der Waals surface area contributed by atoms with Gasteiger partial charge in [0.1, 0.15) is 6.10 Å². The van der Waals surface area contributed by atoms with Gasteiger partial charge >= 0.3 is 11.9 Å². The molecule has 1 N–H and O–H groups in total. The summed E-state index contributed by atoms with van der Waals surface area (Å²) in [4.78, 5) is 24.0. The fourth-order valence-electron chi connectivity index (χ4n) is 3.62. The number of rotatable bonds is 11. The predicted molar refractivity (Wildman–Crippen MR) is 95.8 cm³/mol. The fraction of sp³-hybridized carbons (Fsp3) is 0.900. The van der Waals surface area contributed by atoms with Crippen LogP contribution in [-0.4, -0.2) is 23.1 Å². The van der Waals surface area contributed by atoms with Crippen molar-refractivity contribution < 1.29 is 19.4 Å². The van der Waals surface area contributed by atoms with E-state index in [0.29, 0.717) is 18.8 Å². The highest BCUT2D eigenvalue weighted by Gasteiger charge is 2.38. The summed E-state index contributed by atoms with van der Waals surface area (Å²) in [7, 11) is 0. The topological polar surface area (TPSA) is 63.6 Å². The molecule has 4 nitrogen and oxygen atoms in total. The van der Waals surface area contributed by atoms with Crippen LogP contribution in [-0.2, 0) is 14.3 Å². The third-order valence-corrected chi connectivity index (χ3v) is 5.52. The Bertz CT molecular complexity index is 380. The van der Waals surface area contributed by atoms with Gasteiger partial charge in [0.15, 0.2) is 0 Å². The molecule has 1 aliphatic carbocycles. The zero-order valence-electron chi connectivity index (χ0n) is 15.8. The molecular formula is C20H36O4. The molecule has 0 radical (unpaired) electrons.